The Kier molecular flexibility index (Phi) is 8.17. The summed E-state index contributed by atoms with van der Waals surface area (Å²) < 4.78 is 0. The molecule has 64 valence electrons. The van der Waals surface area contributed by atoms with E-state index in [9.17, 15) is 0 Å². The summed E-state index contributed by atoms with van der Waals surface area (Å²) in [6.07, 6.45) is 0. The Morgan fingerprint density at radius 3 is 2.20 bits per heavy atom. The highest BCUT2D eigenvalue weighted by molar-refractivity contribution is 5.85. The van der Waals surface area contributed by atoms with Gasteiger partial charge in [-0.25, -0.2) is 0 Å². The van der Waals surface area contributed by atoms with Gasteiger partial charge in [-0.2, -0.15) is 0 Å². The third kappa shape index (κ3) is 3.62. The molecule has 1 saturated heterocycles. The van der Waals surface area contributed by atoms with Gasteiger partial charge in [-0.05, 0) is 20.0 Å². The van der Waals surface area contributed by atoms with Gasteiger partial charge < -0.3 is 10.2 Å². The molecule has 1 fully saturated rings. The van der Waals surface area contributed by atoms with E-state index in [2.05, 4.69) is 17.3 Å². The topological polar surface area (TPSA) is 15.3 Å². The molecule has 0 aromatic rings. The number of nitrogens with one attached hydrogen (secondary N) is 1. The van der Waals surface area contributed by atoms with Crippen molar-refractivity contribution in [1.82, 2.24) is 10.2 Å². The lowest BCUT2D eigenvalue weighted by atomic mass is 10.0. The van der Waals surface area contributed by atoms with Crippen LogP contribution >= 0.6 is 24.8 Å². The van der Waals surface area contributed by atoms with E-state index in [0.717, 1.165) is 5.92 Å². The molecule has 1 rings (SSSR count). The van der Waals surface area contributed by atoms with E-state index in [1.165, 1.54) is 19.6 Å². The van der Waals surface area contributed by atoms with E-state index in [1.54, 1.807) is 0 Å². The van der Waals surface area contributed by atoms with Crippen LogP contribution in [-0.4, -0.2) is 38.6 Å². The molecule has 1 heterocycles. The third-order valence-corrected chi connectivity index (χ3v) is 1.63. The molecule has 0 unspecified atom stereocenters. The summed E-state index contributed by atoms with van der Waals surface area (Å²) in [6, 6.07) is 0. The fourth-order valence-electron chi connectivity index (χ4n) is 1.25. The van der Waals surface area contributed by atoms with Gasteiger partial charge in [-0.3, -0.25) is 0 Å². The van der Waals surface area contributed by atoms with E-state index in [0.29, 0.717) is 0 Å². The quantitative estimate of drug-likeness (QED) is 0.681. The molecule has 0 atom stereocenters. The Morgan fingerprint density at radius 1 is 1.40 bits per heavy atom. The SMILES string of the molecule is CNCC1CN(C)C1.Cl.Cl. The molecule has 10 heavy (non-hydrogen) atoms. The van der Waals surface area contributed by atoms with Gasteiger partial charge in [0.2, 0.25) is 0 Å². The molecule has 0 bridgehead atoms. The highest BCUT2D eigenvalue weighted by Crippen LogP contribution is 2.10. The number of nitrogens with zero attached hydrogens (tertiary/aromatic N) is 1. The maximum absolute atomic E-state index is 3.16. The summed E-state index contributed by atoms with van der Waals surface area (Å²) in [4.78, 5) is 2.34. The Labute approximate surface area is 75.2 Å². The van der Waals surface area contributed by atoms with Crippen LogP contribution in [0.5, 0.6) is 0 Å². The van der Waals surface area contributed by atoms with Crippen LogP contribution in [0, 0.1) is 5.92 Å². The Morgan fingerprint density at radius 2 is 1.90 bits per heavy atom. The lowest BCUT2D eigenvalue weighted by Gasteiger charge is -2.35. The Hall–Kier alpha value is 0.500. The zero-order chi connectivity index (χ0) is 5.98. The second-order valence-corrected chi connectivity index (χ2v) is 2.64. The summed E-state index contributed by atoms with van der Waals surface area (Å²) in [5, 5.41) is 3.16. The lowest BCUT2D eigenvalue weighted by Crippen LogP contribution is -2.47. The van der Waals surface area contributed by atoms with E-state index in [-0.39, 0.29) is 24.8 Å². The maximum Gasteiger partial charge on any atom is 0.00311 e. The second kappa shape index (κ2) is 6.23. The van der Waals surface area contributed by atoms with Crippen molar-refractivity contribution in [3.8, 4) is 0 Å². The first-order valence-electron chi connectivity index (χ1n) is 3.16. The van der Waals surface area contributed by atoms with Crippen molar-refractivity contribution in [2.24, 2.45) is 5.92 Å². The summed E-state index contributed by atoms with van der Waals surface area (Å²) in [5.41, 5.74) is 0. The molecule has 0 spiro atoms. The first kappa shape index (κ1) is 13.1. The molecule has 0 aromatic carbocycles. The molecule has 0 amide bonds. The van der Waals surface area contributed by atoms with Crippen molar-refractivity contribution >= 4 is 24.8 Å². The van der Waals surface area contributed by atoms with Gasteiger partial charge >= 0.3 is 0 Å². The third-order valence-electron chi connectivity index (χ3n) is 1.63. The van der Waals surface area contributed by atoms with Gasteiger partial charge in [0.15, 0.2) is 0 Å². The van der Waals surface area contributed by atoms with E-state index in [1.807, 2.05) is 7.05 Å². The van der Waals surface area contributed by atoms with Crippen molar-refractivity contribution in [2.75, 3.05) is 33.7 Å². The molecule has 4 heteroatoms. The van der Waals surface area contributed by atoms with Crippen LogP contribution in [0.4, 0.5) is 0 Å². The van der Waals surface area contributed by atoms with Gasteiger partial charge in [0, 0.05) is 19.6 Å². The van der Waals surface area contributed by atoms with E-state index in [4.69, 9.17) is 0 Å². The van der Waals surface area contributed by atoms with Crippen LogP contribution < -0.4 is 5.32 Å². The van der Waals surface area contributed by atoms with E-state index < -0.39 is 0 Å². The molecule has 1 aliphatic rings. The predicted molar refractivity (Wildman–Crippen MR) is 49.4 cm³/mol. The smallest absolute Gasteiger partial charge is 0.00311 e. The minimum atomic E-state index is 0. The van der Waals surface area contributed by atoms with Crippen molar-refractivity contribution in [2.45, 2.75) is 0 Å². The number of likely N-dealkylation sites (tertiary alicyclic amines) is 1. The molecule has 0 radical (unpaired) electrons. The van der Waals surface area contributed by atoms with Gasteiger partial charge in [-0.15, -0.1) is 24.8 Å². The average Bonchev–Trinajstić information content (AvgIpc) is 1.64. The van der Waals surface area contributed by atoms with Gasteiger partial charge in [-0.1, -0.05) is 0 Å². The number of halogens is 2. The second-order valence-electron chi connectivity index (χ2n) is 2.64. The summed E-state index contributed by atoms with van der Waals surface area (Å²) in [5.74, 6) is 0.921. The Bertz CT molecular complexity index is 71.4. The van der Waals surface area contributed by atoms with Crippen molar-refractivity contribution in [1.29, 1.82) is 0 Å². The highest BCUT2D eigenvalue weighted by Gasteiger charge is 2.21. The van der Waals surface area contributed by atoms with Crippen LogP contribution in [0.2, 0.25) is 0 Å². The minimum Gasteiger partial charge on any atom is -0.319 e. The number of hydrogen-bond acceptors (Lipinski definition) is 2. The number of hydrogen-bond donors (Lipinski definition) is 1. The zero-order valence-corrected chi connectivity index (χ0v) is 8.10. The number of rotatable bonds is 2. The van der Waals surface area contributed by atoms with Crippen molar-refractivity contribution < 1.29 is 0 Å². The normalized spacial score (nSPS) is 18.6. The molecule has 1 N–H and O–H groups in total. The molecule has 2 nitrogen and oxygen atoms in total. The largest absolute Gasteiger partial charge is 0.319 e. The fourth-order valence-corrected chi connectivity index (χ4v) is 1.25. The van der Waals surface area contributed by atoms with Crippen molar-refractivity contribution in [3.05, 3.63) is 0 Å². The highest BCUT2D eigenvalue weighted by atomic mass is 35.5. The lowest BCUT2D eigenvalue weighted by molar-refractivity contribution is 0.135. The first-order chi connectivity index (χ1) is 3.83. The van der Waals surface area contributed by atoms with Crippen LogP contribution in [0.15, 0.2) is 0 Å². The van der Waals surface area contributed by atoms with Gasteiger partial charge in [0.1, 0.15) is 0 Å². The minimum absolute atomic E-state index is 0. The predicted octanol–water partition coefficient (Wildman–Crippen LogP) is 0.611. The standard InChI is InChI=1S/C6H14N2.2ClH/c1-7-3-6-4-8(2)5-6;;/h6-7H,3-5H2,1-2H3;2*1H. The zero-order valence-electron chi connectivity index (χ0n) is 6.46. The molecule has 0 aliphatic carbocycles. The molecule has 0 saturated carbocycles. The molecular formula is C6H16Cl2N2. The van der Waals surface area contributed by atoms with Crippen LogP contribution in [0.1, 0.15) is 0 Å². The Balaban J connectivity index is 0. The van der Waals surface area contributed by atoms with Crippen LogP contribution in [0.3, 0.4) is 0 Å². The molecule has 1 aliphatic heterocycles. The maximum atomic E-state index is 3.16. The van der Waals surface area contributed by atoms with Crippen LogP contribution in [-0.2, 0) is 0 Å². The fraction of sp³-hybridized carbons (Fsp3) is 1.00. The van der Waals surface area contributed by atoms with E-state index >= 15 is 0 Å². The monoisotopic (exact) mass is 186 g/mol. The first-order valence-corrected chi connectivity index (χ1v) is 3.16. The summed E-state index contributed by atoms with van der Waals surface area (Å²) in [6.45, 7) is 3.74. The van der Waals surface area contributed by atoms with Crippen molar-refractivity contribution in [3.63, 3.8) is 0 Å². The summed E-state index contributed by atoms with van der Waals surface area (Å²) in [7, 11) is 4.17. The molecular weight excluding hydrogens is 171 g/mol. The molecule has 0 aromatic heterocycles. The van der Waals surface area contributed by atoms with Crippen LogP contribution in [0.25, 0.3) is 0 Å². The van der Waals surface area contributed by atoms with Gasteiger partial charge in [0.05, 0.1) is 0 Å². The van der Waals surface area contributed by atoms with Gasteiger partial charge in [0.25, 0.3) is 0 Å². The summed E-state index contributed by atoms with van der Waals surface area (Å²) >= 11 is 0. The average molecular weight is 187 g/mol.